The van der Waals surface area contributed by atoms with Crippen molar-refractivity contribution in [2.24, 2.45) is 0 Å². The van der Waals surface area contributed by atoms with Crippen LogP contribution in [-0.4, -0.2) is 38.0 Å². The van der Waals surface area contributed by atoms with Crippen molar-refractivity contribution in [2.75, 3.05) is 18.9 Å². The van der Waals surface area contributed by atoms with Crippen LogP contribution in [-0.2, 0) is 14.8 Å². The van der Waals surface area contributed by atoms with Crippen molar-refractivity contribution in [3.8, 4) is 0 Å². The highest BCUT2D eigenvalue weighted by Crippen LogP contribution is 2.31. The van der Waals surface area contributed by atoms with Crippen LogP contribution in [0.25, 0.3) is 0 Å². The molecule has 0 aromatic heterocycles. The molecule has 0 saturated carbocycles. The van der Waals surface area contributed by atoms with Gasteiger partial charge in [-0.1, -0.05) is 18.5 Å². The Balaban J connectivity index is 2.47. The molecule has 2 unspecified atom stereocenters. The fraction of sp³-hybridized carbons (Fsp3) is 0.571. The van der Waals surface area contributed by atoms with Crippen molar-refractivity contribution in [2.45, 2.75) is 44.2 Å². The molecular weight excluding hydrogens is 312 g/mol. The van der Waals surface area contributed by atoms with Crippen LogP contribution in [0.2, 0.25) is 5.02 Å². The summed E-state index contributed by atoms with van der Waals surface area (Å²) in [6, 6.07) is 2.86. The molecule has 7 heteroatoms. The van der Waals surface area contributed by atoms with E-state index < -0.39 is 10.0 Å². The molecule has 2 rings (SSSR count). The minimum absolute atomic E-state index is 0.0693. The smallest absolute Gasteiger partial charge is 0.245 e. The fourth-order valence-electron chi connectivity index (χ4n) is 2.42. The van der Waals surface area contributed by atoms with Gasteiger partial charge in [0.15, 0.2) is 0 Å². The number of sulfonamides is 1. The molecule has 1 fully saturated rings. The van der Waals surface area contributed by atoms with Gasteiger partial charge in [-0.2, -0.15) is 4.31 Å². The Bertz CT molecular complexity index is 633. The summed E-state index contributed by atoms with van der Waals surface area (Å²) in [5, 5.41) is 0.204. The van der Waals surface area contributed by atoms with Crippen LogP contribution in [0, 0.1) is 6.92 Å². The zero-order valence-electron chi connectivity index (χ0n) is 12.5. The van der Waals surface area contributed by atoms with Crippen LogP contribution in [0.3, 0.4) is 0 Å². The third kappa shape index (κ3) is 3.18. The molecule has 2 N–H and O–H groups in total. The van der Waals surface area contributed by atoms with Crippen LogP contribution in [0.5, 0.6) is 0 Å². The van der Waals surface area contributed by atoms with Gasteiger partial charge in [-0.05, 0) is 38.0 Å². The predicted octanol–water partition coefficient (Wildman–Crippen LogP) is 2.42. The van der Waals surface area contributed by atoms with Crippen LogP contribution in [0.1, 0.15) is 25.8 Å². The van der Waals surface area contributed by atoms with E-state index in [0.29, 0.717) is 25.3 Å². The zero-order valence-corrected chi connectivity index (χ0v) is 14.0. The van der Waals surface area contributed by atoms with Gasteiger partial charge in [0.2, 0.25) is 10.0 Å². The van der Waals surface area contributed by atoms with Crippen LogP contribution in [0.15, 0.2) is 17.0 Å². The van der Waals surface area contributed by atoms with Gasteiger partial charge in [-0.25, -0.2) is 8.42 Å². The molecule has 0 spiro atoms. The van der Waals surface area contributed by atoms with Gasteiger partial charge in [0, 0.05) is 18.3 Å². The number of nitrogens with zero attached hydrogens (tertiary/aromatic N) is 1. The monoisotopic (exact) mass is 332 g/mol. The standard InChI is InChI=1S/C14H21ClN2O3S/c1-4-11-8-20-10(3)7-17(11)21(18,19)14-6-13(16)9(2)5-12(14)15/h5-6,10-11H,4,7-8,16H2,1-3H3. The fourth-order valence-corrected chi connectivity index (χ4v) is 4.78. The molecule has 1 aliphatic heterocycles. The number of aryl methyl sites for hydroxylation is 1. The van der Waals surface area contributed by atoms with Gasteiger partial charge in [-0.15, -0.1) is 0 Å². The van der Waals surface area contributed by atoms with E-state index in [4.69, 9.17) is 22.1 Å². The predicted molar refractivity (Wildman–Crippen MR) is 84.0 cm³/mol. The van der Waals surface area contributed by atoms with E-state index in [1.54, 1.807) is 13.0 Å². The normalized spacial score (nSPS) is 24.2. The number of morpholine rings is 1. The Labute approximate surface area is 131 Å². The Kier molecular flexibility index (Phi) is 4.82. The molecule has 0 amide bonds. The highest BCUT2D eigenvalue weighted by atomic mass is 35.5. The van der Waals surface area contributed by atoms with E-state index in [0.717, 1.165) is 5.56 Å². The molecule has 1 heterocycles. The average Bonchev–Trinajstić information content (AvgIpc) is 2.42. The molecule has 21 heavy (non-hydrogen) atoms. The van der Waals surface area contributed by atoms with Crippen molar-refractivity contribution in [3.05, 3.63) is 22.7 Å². The topological polar surface area (TPSA) is 72.6 Å². The number of benzene rings is 1. The Morgan fingerprint density at radius 1 is 1.48 bits per heavy atom. The number of hydrogen-bond acceptors (Lipinski definition) is 4. The minimum Gasteiger partial charge on any atom is -0.398 e. The zero-order chi connectivity index (χ0) is 15.8. The molecule has 1 aromatic rings. The number of hydrogen-bond donors (Lipinski definition) is 1. The highest BCUT2D eigenvalue weighted by molar-refractivity contribution is 7.89. The molecule has 2 atom stereocenters. The average molecular weight is 333 g/mol. The van der Waals surface area contributed by atoms with Gasteiger partial charge in [0.05, 0.1) is 17.7 Å². The number of anilines is 1. The molecule has 0 radical (unpaired) electrons. The lowest BCUT2D eigenvalue weighted by molar-refractivity contribution is -0.0230. The van der Waals surface area contributed by atoms with Gasteiger partial charge in [0.25, 0.3) is 0 Å². The summed E-state index contributed by atoms with van der Waals surface area (Å²) >= 11 is 6.14. The first-order valence-corrected chi connectivity index (χ1v) is 8.78. The maximum absolute atomic E-state index is 12.9. The summed E-state index contributed by atoms with van der Waals surface area (Å²) in [5.74, 6) is 0. The lowest BCUT2D eigenvalue weighted by Crippen LogP contribution is -2.51. The van der Waals surface area contributed by atoms with E-state index in [2.05, 4.69) is 0 Å². The van der Waals surface area contributed by atoms with Crippen LogP contribution >= 0.6 is 11.6 Å². The third-order valence-electron chi connectivity index (χ3n) is 3.80. The Hall–Kier alpha value is -0.820. The van der Waals surface area contributed by atoms with Crippen molar-refractivity contribution in [1.82, 2.24) is 4.31 Å². The molecule has 1 aliphatic rings. The van der Waals surface area contributed by atoms with E-state index in [9.17, 15) is 8.42 Å². The van der Waals surface area contributed by atoms with Crippen molar-refractivity contribution in [1.29, 1.82) is 0 Å². The van der Waals surface area contributed by atoms with Crippen LogP contribution in [0.4, 0.5) is 5.69 Å². The molecule has 1 saturated heterocycles. The first-order chi connectivity index (χ1) is 9.77. The molecular formula is C14H21ClN2O3S. The van der Waals surface area contributed by atoms with Crippen molar-refractivity contribution in [3.63, 3.8) is 0 Å². The maximum Gasteiger partial charge on any atom is 0.245 e. The summed E-state index contributed by atoms with van der Waals surface area (Å²) in [5.41, 5.74) is 7.03. The van der Waals surface area contributed by atoms with E-state index in [1.807, 2.05) is 13.8 Å². The van der Waals surface area contributed by atoms with Gasteiger partial charge in [0.1, 0.15) is 4.90 Å². The summed E-state index contributed by atoms with van der Waals surface area (Å²) in [4.78, 5) is 0.0693. The molecule has 0 bridgehead atoms. The van der Waals surface area contributed by atoms with E-state index in [-0.39, 0.29) is 22.1 Å². The number of nitrogens with two attached hydrogens (primary N) is 1. The van der Waals surface area contributed by atoms with Crippen molar-refractivity contribution < 1.29 is 13.2 Å². The molecule has 0 aliphatic carbocycles. The first-order valence-electron chi connectivity index (χ1n) is 6.96. The van der Waals surface area contributed by atoms with Gasteiger partial charge >= 0.3 is 0 Å². The minimum atomic E-state index is -3.68. The quantitative estimate of drug-likeness (QED) is 0.863. The van der Waals surface area contributed by atoms with Crippen LogP contribution < -0.4 is 5.73 Å². The second-order valence-electron chi connectivity index (χ2n) is 5.42. The summed E-state index contributed by atoms with van der Waals surface area (Å²) < 4.78 is 32.9. The second-order valence-corrected chi connectivity index (χ2v) is 7.69. The largest absolute Gasteiger partial charge is 0.398 e. The SMILES string of the molecule is CCC1COC(C)CN1S(=O)(=O)c1cc(N)c(C)cc1Cl. The van der Waals surface area contributed by atoms with Crippen molar-refractivity contribution >= 4 is 27.3 Å². The third-order valence-corrected chi connectivity index (χ3v) is 6.18. The lowest BCUT2D eigenvalue weighted by atomic mass is 10.2. The maximum atomic E-state index is 12.9. The number of rotatable bonds is 3. The number of halogens is 1. The molecule has 5 nitrogen and oxygen atoms in total. The molecule has 1 aromatic carbocycles. The Morgan fingerprint density at radius 2 is 2.14 bits per heavy atom. The molecule has 118 valence electrons. The first kappa shape index (κ1) is 16.5. The van der Waals surface area contributed by atoms with Gasteiger partial charge < -0.3 is 10.5 Å². The second kappa shape index (κ2) is 6.12. The lowest BCUT2D eigenvalue weighted by Gasteiger charge is -2.37. The van der Waals surface area contributed by atoms with E-state index in [1.165, 1.54) is 10.4 Å². The summed E-state index contributed by atoms with van der Waals surface area (Å²) in [6.07, 6.45) is 0.550. The Morgan fingerprint density at radius 3 is 2.76 bits per heavy atom. The number of ether oxygens (including phenoxy) is 1. The summed E-state index contributed by atoms with van der Waals surface area (Å²) in [7, 11) is -3.68. The van der Waals surface area contributed by atoms with Gasteiger partial charge in [-0.3, -0.25) is 0 Å². The van der Waals surface area contributed by atoms with E-state index >= 15 is 0 Å². The summed E-state index contributed by atoms with van der Waals surface area (Å²) in [6.45, 7) is 6.32. The number of nitrogen functional groups attached to an aromatic ring is 1. The highest BCUT2D eigenvalue weighted by Gasteiger charge is 2.36.